The molecule has 1 N–H and O–H groups in total. The van der Waals surface area contributed by atoms with E-state index in [0.29, 0.717) is 24.3 Å². The van der Waals surface area contributed by atoms with Crippen molar-refractivity contribution >= 4 is 27.6 Å². The predicted molar refractivity (Wildman–Crippen MR) is 121 cm³/mol. The lowest BCUT2D eigenvalue weighted by Gasteiger charge is -2.18. The Morgan fingerprint density at radius 3 is 2.34 bits per heavy atom. The SMILES string of the molecule is CCN(CC)S(=O)(=O)c1cccc(NC(=O)COC(=O)c2cccc(-n3cccc3)c2)c1. The fraction of sp³-hybridized carbons (Fsp3) is 0.217. The van der Waals surface area contributed by atoms with Gasteiger partial charge in [-0.2, -0.15) is 4.31 Å². The van der Waals surface area contributed by atoms with Crippen LogP contribution in [0.25, 0.3) is 5.69 Å². The fourth-order valence-electron chi connectivity index (χ4n) is 3.16. The molecule has 0 fully saturated rings. The lowest BCUT2D eigenvalue weighted by atomic mass is 10.2. The largest absolute Gasteiger partial charge is 0.452 e. The molecule has 8 nitrogen and oxygen atoms in total. The monoisotopic (exact) mass is 455 g/mol. The highest BCUT2D eigenvalue weighted by molar-refractivity contribution is 7.89. The molecule has 3 rings (SSSR count). The third kappa shape index (κ3) is 5.43. The van der Waals surface area contributed by atoms with Crippen molar-refractivity contribution in [3.05, 3.63) is 78.6 Å². The highest BCUT2D eigenvalue weighted by Gasteiger charge is 2.22. The van der Waals surface area contributed by atoms with E-state index in [2.05, 4.69) is 5.32 Å². The first kappa shape index (κ1) is 23.2. The van der Waals surface area contributed by atoms with Gasteiger partial charge >= 0.3 is 5.97 Å². The third-order valence-electron chi connectivity index (χ3n) is 4.78. The standard InChI is InChI=1S/C23H25N3O5S/c1-3-26(4-2)32(29,30)21-12-8-10-19(16-21)24-22(27)17-31-23(28)18-9-7-11-20(15-18)25-13-5-6-14-25/h5-16H,3-4,17H2,1-2H3,(H,24,27). The summed E-state index contributed by atoms with van der Waals surface area (Å²) in [7, 11) is -3.65. The summed E-state index contributed by atoms with van der Waals surface area (Å²) in [5.74, 6) is -1.20. The van der Waals surface area contributed by atoms with Gasteiger partial charge in [-0.3, -0.25) is 4.79 Å². The number of nitrogens with zero attached hydrogens (tertiary/aromatic N) is 2. The first-order chi connectivity index (χ1) is 15.3. The number of benzene rings is 2. The summed E-state index contributed by atoms with van der Waals surface area (Å²) in [6.45, 7) is 3.71. The van der Waals surface area contributed by atoms with E-state index in [4.69, 9.17) is 4.74 Å². The Morgan fingerprint density at radius 1 is 0.969 bits per heavy atom. The van der Waals surface area contributed by atoms with Gasteiger partial charge < -0.3 is 14.6 Å². The van der Waals surface area contributed by atoms with Gasteiger partial charge in [0.2, 0.25) is 10.0 Å². The van der Waals surface area contributed by atoms with E-state index >= 15 is 0 Å². The van der Waals surface area contributed by atoms with Crippen molar-refractivity contribution in [3.63, 3.8) is 0 Å². The summed E-state index contributed by atoms with van der Waals surface area (Å²) >= 11 is 0. The maximum absolute atomic E-state index is 12.7. The molecule has 0 radical (unpaired) electrons. The van der Waals surface area contributed by atoms with Crippen LogP contribution in [0.15, 0.2) is 78.0 Å². The zero-order valence-electron chi connectivity index (χ0n) is 17.9. The van der Waals surface area contributed by atoms with Crippen LogP contribution in [0.2, 0.25) is 0 Å². The average Bonchev–Trinajstić information content (AvgIpc) is 3.33. The normalized spacial score (nSPS) is 11.3. The van der Waals surface area contributed by atoms with E-state index in [1.807, 2.05) is 35.2 Å². The Hall–Kier alpha value is -3.43. The number of esters is 1. The number of carbonyl (C=O) groups excluding carboxylic acids is 2. The van der Waals surface area contributed by atoms with E-state index in [1.54, 1.807) is 44.2 Å². The van der Waals surface area contributed by atoms with Crippen molar-refractivity contribution in [2.24, 2.45) is 0 Å². The second-order valence-corrected chi connectivity index (χ2v) is 8.82. The number of hydrogen-bond acceptors (Lipinski definition) is 5. The van der Waals surface area contributed by atoms with Gasteiger partial charge in [-0.1, -0.05) is 26.0 Å². The topological polar surface area (TPSA) is 97.7 Å². The Labute approximate surface area is 187 Å². The van der Waals surface area contributed by atoms with Gasteiger partial charge in [0.25, 0.3) is 5.91 Å². The molecule has 0 spiro atoms. The van der Waals surface area contributed by atoms with Crippen molar-refractivity contribution in [2.45, 2.75) is 18.7 Å². The highest BCUT2D eigenvalue weighted by atomic mass is 32.2. The van der Waals surface area contributed by atoms with Gasteiger partial charge in [0, 0.05) is 36.9 Å². The second kappa shape index (κ2) is 10.3. The van der Waals surface area contributed by atoms with Gasteiger partial charge in [-0.25, -0.2) is 13.2 Å². The fourth-order valence-corrected chi connectivity index (χ4v) is 4.66. The Balaban J connectivity index is 1.62. The number of anilines is 1. The zero-order valence-corrected chi connectivity index (χ0v) is 18.7. The van der Waals surface area contributed by atoms with Crippen LogP contribution in [0.1, 0.15) is 24.2 Å². The number of sulfonamides is 1. The van der Waals surface area contributed by atoms with Gasteiger partial charge in [-0.15, -0.1) is 0 Å². The molecule has 168 valence electrons. The first-order valence-electron chi connectivity index (χ1n) is 10.2. The summed E-state index contributed by atoms with van der Waals surface area (Å²) in [5.41, 5.74) is 1.41. The van der Waals surface area contributed by atoms with Crippen molar-refractivity contribution in [1.82, 2.24) is 8.87 Å². The summed E-state index contributed by atoms with van der Waals surface area (Å²) < 4.78 is 33.6. The quantitative estimate of drug-likeness (QED) is 0.499. The van der Waals surface area contributed by atoms with Gasteiger partial charge in [-0.05, 0) is 48.5 Å². The molecule has 2 aromatic carbocycles. The van der Waals surface area contributed by atoms with Crippen LogP contribution in [-0.2, 0) is 19.6 Å². The van der Waals surface area contributed by atoms with Crippen LogP contribution in [0.3, 0.4) is 0 Å². The van der Waals surface area contributed by atoms with Gasteiger partial charge in [0.15, 0.2) is 6.61 Å². The van der Waals surface area contributed by atoms with E-state index in [9.17, 15) is 18.0 Å². The van der Waals surface area contributed by atoms with Crippen molar-refractivity contribution < 1.29 is 22.7 Å². The number of ether oxygens (including phenoxy) is 1. The van der Waals surface area contributed by atoms with Crippen LogP contribution in [0.4, 0.5) is 5.69 Å². The third-order valence-corrected chi connectivity index (χ3v) is 6.83. The second-order valence-electron chi connectivity index (χ2n) is 6.88. The summed E-state index contributed by atoms with van der Waals surface area (Å²) in [5, 5.41) is 2.57. The number of amides is 1. The first-order valence-corrected chi connectivity index (χ1v) is 11.6. The summed E-state index contributed by atoms with van der Waals surface area (Å²) in [4.78, 5) is 24.7. The molecule has 3 aromatic rings. The lowest BCUT2D eigenvalue weighted by Crippen LogP contribution is -2.30. The maximum atomic E-state index is 12.7. The molecule has 9 heteroatoms. The molecule has 0 unspecified atom stereocenters. The lowest BCUT2D eigenvalue weighted by molar-refractivity contribution is -0.119. The van der Waals surface area contributed by atoms with Crippen LogP contribution in [0.5, 0.6) is 0 Å². The molecule has 0 bridgehead atoms. The number of carbonyl (C=O) groups is 2. The molecule has 1 aromatic heterocycles. The van der Waals surface area contributed by atoms with Crippen LogP contribution < -0.4 is 5.32 Å². The molecular formula is C23H25N3O5S. The number of aromatic nitrogens is 1. The molecule has 0 atom stereocenters. The molecular weight excluding hydrogens is 430 g/mol. The summed E-state index contributed by atoms with van der Waals surface area (Å²) in [6.07, 6.45) is 3.71. The van der Waals surface area contributed by atoms with Crippen LogP contribution in [-0.4, -0.2) is 48.9 Å². The predicted octanol–water partition coefficient (Wildman–Crippen LogP) is 3.30. The summed E-state index contributed by atoms with van der Waals surface area (Å²) in [6, 6.07) is 16.6. The minimum atomic E-state index is -3.65. The molecule has 1 heterocycles. The van der Waals surface area contributed by atoms with Gasteiger partial charge in [0.1, 0.15) is 0 Å². The number of rotatable bonds is 9. The minimum absolute atomic E-state index is 0.0813. The van der Waals surface area contributed by atoms with Crippen LogP contribution in [0, 0.1) is 0 Å². The van der Waals surface area contributed by atoms with E-state index in [1.165, 1.54) is 16.4 Å². The van der Waals surface area contributed by atoms with E-state index < -0.39 is 28.5 Å². The van der Waals surface area contributed by atoms with Crippen molar-refractivity contribution in [2.75, 3.05) is 25.0 Å². The Kier molecular flexibility index (Phi) is 7.45. The Morgan fingerprint density at radius 2 is 1.66 bits per heavy atom. The smallest absolute Gasteiger partial charge is 0.338 e. The Bertz CT molecular complexity index is 1190. The average molecular weight is 456 g/mol. The molecule has 0 aliphatic heterocycles. The molecule has 0 aliphatic carbocycles. The van der Waals surface area contributed by atoms with Crippen molar-refractivity contribution in [3.8, 4) is 5.69 Å². The number of nitrogens with one attached hydrogen (secondary N) is 1. The zero-order chi connectivity index (χ0) is 23.1. The molecule has 1 amide bonds. The van der Waals surface area contributed by atoms with Gasteiger partial charge in [0.05, 0.1) is 10.5 Å². The molecule has 0 aliphatic rings. The van der Waals surface area contributed by atoms with Crippen molar-refractivity contribution in [1.29, 1.82) is 0 Å². The highest BCUT2D eigenvalue weighted by Crippen LogP contribution is 2.19. The maximum Gasteiger partial charge on any atom is 0.338 e. The van der Waals surface area contributed by atoms with E-state index in [-0.39, 0.29) is 4.90 Å². The van der Waals surface area contributed by atoms with Crippen LogP contribution >= 0.6 is 0 Å². The molecule has 32 heavy (non-hydrogen) atoms. The minimum Gasteiger partial charge on any atom is -0.452 e. The molecule has 0 saturated carbocycles. The molecule has 0 saturated heterocycles. The number of hydrogen-bond donors (Lipinski definition) is 1. The van der Waals surface area contributed by atoms with E-state index in [0.717, 1.165) is 5.69 Å².